The first-order chi connectivity index (χ1) is 11.2. The molecular weight excluding hydrogens is 290 g/mol. The van der Waals surface area contributed by atoms with Crippen LogP contribution in [0, 0.1) is 0 Å². The summed E-state index contributed by atoms with van der Waals surface area (Å²) in [6.45, 7) is 3.04. The summed E-state index contributed by atoms with van der Waals surface area (Å²) < 4.78 is 10.8. The van der Waals surface area contributed by atoms with Gasteiger partial charge in [0.25, 0.3) is 0 Å². The van der Waals surface area contributed by atoms with Crippen LogP contribution in [0.25, 0.3) is 0 Å². The van der Waals surface area contributed by atoms with Crippen LogP contribution in [-0.4, -0.2) is 26.2 Å². The smallest absolute Gasteiger partial charge is 0.224 e. The van der Waals surface area contributed by atoms with Crippen molar-refractivity contribution in [3.63, 3.8) is 0 Å². The zero-order valence-electron chi connectivity index (χ0n) is 13.6. The van der Waals surface area contributed by atoms with Gasteiger partial charge in [-0.1, -0.05) is 42.5 Å². The molecule has 0 radical (unpaired) electrons. The lowest BCUT2D eigenvalue weighted by molar-refractivity contribution is -0.121. The Morgan fingerprint density at radius 3 is 2.39 bits per heavy atom. The number of hydrogen-bond acceptors (Lipinski definition) is 3. The third-order valence-electron chi connectivity index (χ3n) is 3.54. The second-order valence-corrected chi connectivity index (χ2v) is 5.19. The molecular formula is C19H23NO3. The summed E-state index contributed by atoms with van der Waals surface area (Å²) in [6.07, 6.45) is 0.206. The molecule has 2 aromatic rings. The lowest BCUT2D eigenvalue weighted by atomic mass is 10.1. The number of nitrogens with one attached hydrogen (secondary N) is 1. The monoisotopic (exact) mass is 313 g/mol. The maximum atomic E-state index is 12.1. The van der Waals surface area contributed by atoms with E-state index in [2.05, 4.69) is 5.32 Å². The SMILES string of the molecule is CCOc1ccc(CC(=O)NCC(OC)c2ccccc2)cc1. The van der Waals surface area contributed by atoms with Crippen molar-refractivity contribution in [2.75, 3.05) is 20.3 Å². The molecule has 0 fully saturated rings. The largest absolute Gasteiger partial charge is 0.494 e. The molecule has 0 bridgehead atoms. The predicted octanol–water partition coefficient (Wildman–Crippen LogP) is 3.13. The number of ether oxygens (including phenoxy) is 2. The fourth-order valence-electron chi connectivity index (χ4n) is 2.33. The van der Waals surface area contributed by atoms with E-state index >= 15 is 0 Å². The van der Waals surface area contributed by atoms with Crippen molar-refractivity contribution in [1.29, 1.82) is 0 Å². The van der Waals surface area contributed by atoms with E-state index in [1.807, 2.05) is 61.5 Å². The summed E-state index contributed by atoms with van der Waals surface area (Å²) in [6, 6.07) is 17.5. The van der Waals surface area contributed by atoms with Crippen LogP contribution in [0.15, 0.2) is 54.6 Å². The van der Waals surface area contributed by atoms with E-state index in [4.69, 9.17) is 9.47 Å². The molecule has 1 unspecified atom stereocenters. The summed E-state index contributed by atoms with van der Waals surface area (Å²) >= 11 is 0. The minimum absolute atomic E-state index is 0.0212. The van der Waals surface area contributed by atoms with Crippen LogP contribution in [0.2, 0.25) is 0 Å². The predicted molar refractivity (Wildman–Crippen MR) is 90.5 cm³/mol. The molecule has 1 amide bonds. The minimum Gasteiger partial charge on any atom is -0.494 e. The van der Waals surface area contributed by atoms with Crippen LogP contribution in [0.5, 0.6) is 5.75 Å². The minimum atomic E-state index is -0.138. The lowest BCUT2D eigenvalue weighted by Crippen LogP contribution is -2.30. The Labute approximate surface area is 137 Å². The van der Waals surface area contributed by atoms with E-state index in [9.17, 15) is 4.79 Å². The van der Waals surface area contributed by atoms with Gasteiger partial charge >= 0.3 is 0 Å². The molecule has 0 aliphatic heterocycles. The zero-order chi connectivity index (χ0) is 16.5. The summed E-state index contributed by atoms with van der Waals surface area (Å²) in [5, 5.41) is 2.93. The maximum absolute atomic E-state index is 12.1. The first kappa shape index (κ1) is 17.0. The first-order valence-electron chi connectivity index (χ1n) is 7.79. The van der Waals surface area contributed by atoms with Crippen LogP contribution in [-0.2, 0) is 16.0 Å². The van der Waals surface area contributed by atoms with Gasteiger partial charge < -0.3 is 14.8 Å². The second kappa shape index (κ2) is 8.96. The number of benzene rings is 2. The third-order valence-corrected chi connectivity index (χ3v) is 3.54. The molecule has 4 nitrogen and oxygen atoms in total. The summed E-state index contributed by atoms with van der Waals surface area (Å²) in [4.78, 5) is 12.1. The number of amides is 1. The van der Waals surface area contributed by atoms with Gasteiger partial charge in [0.1, 0.15) is 5.75 Å². The maximum Gasteiger partial charge on any atom is 0.224 e. The highest BCUT2D eigenvalue weighted by Crippen LogP contribution is 2.15. The summed E-state index contributed by atoms with van der Waals surface area (Å²) in [7, 11) is 1.65. The van der Waals surface area contributed by atoms with Gasteiger partial charge in [0.15, 0.2) is 0 Å². The zero-order valence-corrected chi connectivity index (χ0v) is 13.6. The van der Waals surface area contributed by atoms with Gasteiger partial charge in [-0.25, -0.2) is 0 Å². The van der Waals surface area contributed by atoms with Crippen molar-refractivity contribution >= 4 is 5.91 Å². The van der Waals surface area contributed by atoms with Gasteiger partial charge in [0, 0.05) is 13.7 Å². The number of carbonyl (C=O) groups excluding carboxylic acids is 1. The number of rotatable bonds is 8. The molecule has 23 heavy (non-hydrogen) atoms. The third kappa shape index (κ3) is 5.42. The Morgan fingerprint density at radius 1 is 1.09 bits per heavy atom. The van der Waals surface area contributed by atoms with Crippen LogP contribution in [0.3, 0.4) is 0 Å². The molecule has 0 aromatic heterocycles. The van der Waals surface area contributed by atoms with E-state index < -0.39 is 0 Å². The second-order valence-electron chi connectivity index (χ2n) is 5.19. The molecule has 0 aliphatic rings. The van der Waals surface area contributed by atoms with Gasteiger partial charge in [-0.3, -0.25) is 4.79 Å². The molecule has 0 heterocycles. The van der Waals surface area contributed by atoms with Crippen LogP contribution in [0.1, 0.15) is 24.2 Å². The van der Waals surface area contributed by atoms with Crippen molar-refractivity contribution in [3.8, 4) is 5.75 Å². The van der Waals surface area contributed by atoms with E-state index in [1.54, 1.807) is 7.11 Å². The summed E-state index contributed by atoms with van der Waals surface area (Å²) in [5.74, 6) is 0.798. The van der Waals surface area contributed by atoms with Gasteiger partial charge in [0.05, 0.1) is 19.1 Å². The molecule has 4 heteroatoms. The van der Waals surface area contributed by atoms with Gasteiger partial charge in [0.2, 0.25) is 5.91 Å². The van der Waals surface area contributed by atoms with Crippen LogP contribution in [0.4, 0.5) is 0 Å². The van der Waals surface area contributed by atoms with Crippen molar-refractivity contribution in [3.05, 3.63) is 65.7 Å². The van der Waals surface area contributed by atoms with Crippen molar-refractivity contribution in [1.82, 2.24) is 5.32 Å². The van der Waals surface area contributed by atoms with Gasteiger partial charge in [-0.2, -0.15) is 0 Å². The topological polar surface area (TPSA) is 47.6 Å². The molecule has 1 N–H and O–H groups in total. The van der Waals surface area contributed by atoms with E-state index in [1.165, 1.54) is 0 Å². The Morgan fingerprint density at radius 2 is 1.78 bits per heavy atom. The average Bonchev–Trinajstić information content (AvgIpc) is 2.58. The van der Waals surface area contributed by atoms with Crippen molar-refractivity contribution in [2.24, 2.45) is 0 Å². The molecule has 0 aliphatic carbocycles. The molecule has 0 saturated carbocycles. The highest BCUT2D eigenvalue weighted by Gasteiger charge is 2.12. The van der Waals surface area contributed by atoms with E-state index in [0.29, 0.717) is 19.6 Å². The van der Waals surface area contributed by atoms with Crippen LogP contribution >= 0.6 is 0 Å². The summed E-state index contributed by atoms with van der Waals surface area (Å²) in [5.41, 5.74) is 2.01. The molecule has 2 rings (SSSR count). The van der Waals surface area contributed by atoms with Gasteiger partial charge in [-0.15, -0.1) is 0 Å². The normalized spacial score (nSPS) is 11.7. The van der Waals surface area contributed by atoms with Crippen molar-refractivity contribution in [2.45, 2.75) is 19.4 Å². The Kier molecular flexibility index (Phi) is 6.63. The molecule has 0 spiro atoms. The van der Waals surface area contributed by atoms with Gasteiger partial charge in [-0.05, 0) is 30.2 Å². The fraction of sp³-hybridized carbons (Fsp3) is 0.316. The van der Waals surface area contributed by atoms with Crippen molar-refractivity contribution < 1.29 is 14.3 Å². The Balaban J connectivity index is 1.84. The number of hydrogen-bond donors (Lipinski definition) is 1. The highest BCUT2D eigenvalue weighted by atomic mass is 16.5. The molecule has 2 aromatic carbocycles. The average molecular weight is 313 g/mol. The first-order valence-corrected chi connectivity index (χ1v) is 7.79. The Bertz CT molecular complexity index is 596. The fourth-order valence-corrected chi connectivity index (χ4v) is 2.33. The Hall–Kier alpha value is -2.33. The quantitative estimate of drug-likeness (QED) is 0.814. The number of methoxy groups -OCH3 is 1. The highest BCUT2D eigenvalue weighted by molar-refractivity contribution is 5.78. The molecule has 1 atom stereocenters. The van der Waals surface area contributed by atoms with E-state index in [-0.39, 0.29) is 12.0 Å². The molecule has 0 saturated heterocycles. The number of carbonyl (C=O) groups is 1. The standard InChI is InChI=1S/C19H23NO3/c1-3-23-17-11-9-15(10-12-17)13-19(21)20-14-18(22-2)16-7-5-4-6-8-16/h4-12,18H,3,13-14H2,1-2H3,(H,20,21). The van der Waals surface area contributed by atoms with E-state index in [0.717, 1.165) is 16.9 Å². The lowest BCUT2D eigenvalue weighted by Gasteiger charge is -2.16. The molecule has 122 valence electrons. The van der Waals surface area contributed by atoms with Crippen LogP contribution < -0.4 is 10.1 Å².